The third-order valence-electron chi connectivity index (χ3n) is 2.58. The van der Waals surface area contributed by atoms with Crippen molar-refractivity contribution in [3.05, 3.63) is 34.3 Å². The highest BCUT2D eigenvalue weighted by atomic mass is 79.9. The highest BCUT2D eigenvalue weighted by molar-refractivity contribution is 9.10. The van der Waals surface area contributed by atoms with Gasteiger partial charge in [-0.3, -0.25) is 0 Å². The summed E-state index contributed by atoms with van der Waals surface area (Å²) in [6.07, 6.45) is 3.91. The van der Waals surface area contributed by atoms with E-state index < -0.39 is 0 Å². The number of hydrogen-bond acceptors (Lipinski definition) is 1. The van der Waals surface area contributed by atoms with Crippen molar-refractivity contribution in [1.82, 2.24) is 0 Å². The Balaban J connectivity index is 2.01. The van der Waals surface area contributed by atoms with E-state index in [1.54, 1.807) is 0 Å². The van der Waals surface area contributed by atoms with Crippen molar-refractivity contribution >= 4 is 15.9 Å². The lowest BCUT2D eigenvalue weighted by Crippen LogP contribution is -2.10. The van der Waals surface area contributed by atoms with Crippen LogP contribution in [-0.4, -0.2) is 0 Å². The molecule has 0 aromatic heterocycles. The van der Waals surface area contributed by atoms with Crippen LogP contribution >= 0.6 is 15.9 Å². The van der Waals surface area contributed by atoms with Crippen LogP contribution in [0.25, 0.3) is 0 Å². The molecule has 1 aliphatic carbocycles. The molecule has 0 spiro atoms. The van der Waals surface area contributed by atoms with Gasteiger partial charge in [0.15, 0.2) is 0 Å². The summed E-state index contributed by atoms with van der Waals surface area (Å²) in [5.74, 6) is 0.902. The van der Waals surface area contributed by atoms with Gasteiger partial charge in [0.2, 0.25) is 0 Å². The third-order valence-corrected chi connectivity index (χ3v) is 3.11. The van der Waals surface area contributed by atoms with Gasteiger partial charge < -0.3 is 5.73 Å². The molecule has 2 heteroatoms. The number of rotatable bonds is 3. The molecule has 13 heavy (non-hydrogen) atoms. The Hall–Kier alpha value is -0.340. The van der Waals surface area contributed by atoms with E-state index in [9.17, 15) is 0 Å². The summed E-state index contributed by atoms with van der Waals surface area (Å²) in [5, 5.41) is 0. The molecule has 0 amide bonds. The minimum absolute atomic E-state index is 0.237. The van der Waals surface area contributed by atoms with E-state index in [0.29, 0.717) is 0 Å². The SMILES string of the molecule is NC(CC1CC1)c1ccc(Br)cc1. The predicted molar refractivity (Wildman–Crippen MR) is 58.4 cm³/mol. The Bertz CT molecular complexity index is 277. The maximum absolute atomic E-state index is 6.07. The monoisotopic (exact) mass is 239 g/mol. The molecular formula is C11H14BrN. The molecule has 0 bridgehead atoms. The van der Waals surface area contributed by atoms with Crippen molar-refractivity contribution in [1.29, 1.82) is 0 Å². The predicted octanol–water partition coefficient (Wildman–Crippen LogP) is 3.25. The molecule has 70 valence electrons. The average molecular weight is 240 g/mol. The first-order valence-electron chi connectivity index (χ1n) is 4.77. The van der Waals surface area contributed by atoms with Crippen LogP contribution in [0.1, 0.15) is 30.9 Å². The molecule has 1 aromatic carbocycles. The molecule has 0 radical (unpaired) electrons. The van der Waals surface area contributed by atoms with Gasteiger partial charge in [0.25, 0.3) is 0 Å². The number of hydrogen-bond donors (Lipinski definition) is 1. The first-order chi connectivity index (χ1) is 6.25. The van der Waals surface area contributed by atoms with Crippen LogP contribution in [0.4, 0.5) is 0 Å². The summed E-state index contributed by atoms with van der Waals surface area (Å²) in [6, 6.07) is 8.57. The minimum atomic E-state index is 0.237. The van der Waals surface area contributed by atoms with Crippen molar-refractivity contribution in [2.75, 3.05) is 0 Å². The summed E-state index contributed by atoms with van der Waals surface area (Å²) >= 11 is 3.42. The van der Waals surface area contributed by atoms with Crippen LogP contribution in [0.2, 0.25) is 0 Å². The molecule has 0 aliphatic heterocycles. The summed E-state index contributed by atoms with van der Waals surface area (Å²) in [6.45, 7) is 0. The third kappa shape index (κ3) is 2.55. The highest BCUT2D eigenvalue weighted by Gasteiger charge is 2.24. The Labute approximate surface area is 87.5 Å². The Kier molecular flexibility index (Phi) is 2.70. The van der Waals surface area contributed by atoms with Crippen LogP contribution in [0.5, 0.6) is 0 Å². The molecule has 1 atom stereocenters. The molecule has 1 unspecified atom stereocenters. The van der Waals surface area contributed by atoms with E-state index in [1.165, 1.54) is 18.4 Å². The van der Waals surface area contributed by atoms with Gasteiger partial charge in [-0.05, 0) is 30.0 Å². The molecule has 1 saturated carbocycles. The smallest absolute Gasteiger partial charge is 0.0297 e. The van der Waals surface area contributed by atoms with Crippen LogP contribution in [0.3, 0.4) is 0 Å². The summed E-state index contributed by atoms with van der Waals surface area (Å²) in [7, 11) is 0. The fourth-order valence-electron chi connectivity index (χ4n) is 1.56. The lowest BCUT2D eigenvalue weighted by atomic mass is 10.0. The molecule has 1 nitrogen and oxygen atoms in total. The van der Waals surface area contributed by atoms with Gasteiger partial charge in [0.05, 0.1) is 0 Å². The first kappa shape index (κ1) is 9.22. The Morgan fingerprint density at radius 2 is 1.92 bits per heavy atom. The average Bonchev–Trinajstić information content (AvgIpc) is 2.89. The second kappa shape index (κ2) is 3.81. The maximum Gasteiger partial charge on any atom is 0.0297 e. The van der Waals surface area contributed by atoms with Gasteiger partial charge in [-0.15, -0.1) is 0 Å². The maximum atomic E-state index is 6.07. The summed E-state index contributed by atoms with van der Waals surface area (Å²) < 4.78 is 1.12. The first-order valence-corrected chi connectivity index (χ1v) is 5.56. The largest absolute Gasteiger partial charge is 0.324 e. The molecule has 0 heterocycles. The van der Waals surface area contributed by atoms with Gasteiger partial charge >= 0.3 is 0 Å². The van der Waals surface area contributed by atoms with Gasteiger partial charge in [-0.2, -0.15) is 0 Å². The second-order valence-electron chi connectivity index (χ2n) is 3.84. The fraction of sp³-hybridized carbons (Fsp3) is 0.455. The highest BCUT2D eigenvalue weighted by Crippen LogP contribution is 2.36. The lowest BCUT2D eigenvalue weighted by Gasteiger charge is -2.10. The van der Waals surface area contributed by atoms with Crippen molar-refractivity contribution < 1.29 is 0 Å². The molecule has 0 saturated heterocycles. The van der Waals surface area contributed by atoms with Gasteiger partial charge in [-0.1, -0.05) is 40.9 Å². The number of halogens is 1. The van der Waals surface area contributed by atoms with Crippen LogP contribution in [0.15, 0.2) is 28.7 Å². The van der Waals surface area contributed by atoms with Crippen molar-refractivity contribution in [3.63, 3.8) is 0 Å². The van der Waals surface area contributed by atoms with E-state index in [0.717, 1.165) is 16.8 Å². The quantitative estimate of drug-likeness (QED) is 0.862. The van der Waals surface area contributed by atoms with E-state index >= 15 is 0 Å². The summed E-state index contributed by atoms with van der Waals surface area (Å²) in [5.41, 5.74) is 7.33. The number of benzene rings is 1. The molecular weight excluding hydrogens is 226 g/mol. The molecule has 2 rings (SSSR count). The molecule has 1 aliphatic rings. The second-order valence-corrected chi connectivity index (χ2v) is 4.75. The van der Waals surface area contributed by atoms with Crippen molar-refractivity contribution in [3.8, 4) is 0 Å². The fourth-order valence-corrected chi connectivity index (χ4v) is 1.82. The summed E-state index contributed by atoms with van der Waals surface area (Å²) in [4.78, 5) is 0. The van der Waals surface area contributed by atoms with Crippen molar-refractivity contribution in [2.45, 2.75) is 25.3 Å². The van der Waals surface area contributed by atoms with E-state index in [1.807, 2.05) is 0 Å². The lowest BCUT2D eigenvalue weighted by molar-refractivity contribution is 0.597. The van der Waals surface area contributed by atoms with E-state index in [2.05, 4.69) is 40.2 Å². The van der Waals surface area contributed by atoms with Crippen LogP contribution in [-0.2, 0) is 0 Å². The van der Waals surface area contributed by atoms with Crippen molar-refractivity contribution in [2.24, 2.45) is 11.7 Å². The van der Waals surface area contributed by atoms with Crippen LogP contribution < -0.4 is 5.73 Å². The van der Waals surface area contributed by atoms with Gasteiger partial charge in [-0.25, -0.2) is 0 Å². The van der Waals surface area contributed by atoms with E-state index in [4.69, 9.17) is 5.73 Å². The topological polar surface area (TPSA) is 26.0 Å². The van der Waals surface area contributed by atoms with Gasteiger partial charge in [0.1, 0.15) is 0 Å². The molecule has 1 aromatic rings. The Morgan fingerprint density at radius 3 is 2.46 bits per heavy atom. The Morgan fingerprint density at radius 1 is 1.31 bits per heavy atom. The zero-order valence-corrected chi connectivity index (χ0v) is 9.13. The standard InChI is InChI=1S/C11H14BrN/c12-10-5-3-9(4-6-10)11(13)7-8-1-2-8/h3-6,8,11H,1-2,7,13H2. The molecule has 1 fully saturated rings. The zero-order valence-electron chi connectivity index (χ0n) is 7.54. The molecule has 2 N–H and O–H groups in total. The van der Waals surface area contributed by atoms with Gasteiger partial charge in [0, 0.05) is 10.5 Å². The number of nitrogens with two attached hydrogens (primary N) is 1. The van der Waals surface area contributed by atoms with Crippen LogP contribution in [0, 0.1) is 5.92 Å². The minimum Gasteiger partial charge on any atom is -0.324 e. The zero-order chi connectivity index (χ0) is 9.26. The van der Waals surface area contributed by atoms with E-state index in [-0.39, 0.29) is 6.04 Å². The normalized spacial score (nSPS) is 18.6.